The fraction of sp³-hybridized carbons (Fsp3) is 0.739. The van der Waals surface area contributed by atoms with E-state index >= 15 is 0 Å². The Morgan fingerprint density at radius 3 is 1.79 bits per heavy atom. The molecular weight excluding hydrogens is 514 g/mol. The zero-order chi connectivity index (χ0) is 29.4. The summed E-state index contributed by atoms with van der Waals surface area (Å²) in [7, 11) is 0. The fourth-order valence-corrected chi connectivity index (χ4v) is 3.40. The molecule has 0 aromatic rings. The number of carboxylic acid groups (broad SMARTS) is 1. The molecule has 1 amide bonds. The van der Waals surface area contributed by atoms with Crippen LogP contribution in [0.2, 0.25) is 0 Å². The molecule has 0 spiro atoms. The molecule has 0 unspecified atom stereocenters. The highest BCUT2D eigenvalue weighted by molar-refractivity contribution is 5.80. The topological polar surface area (TPSA) is 199 Å². The summed E-state index contributed by atoms with van der Waals surface area (Å²) in [6.45, 7) is 9.81. The van der Waals surface area contributed by atoms with E-state index in [9.17, 15) is 33.9 Å². The molecular formula is C23H35NO14. The number of nitrogens with one attached hydrogen (secondary N) is 1. The number of rotatable bonds is 10. The first kappa shape index (κ1) is 32.6. The molecule has 0 bridgehead atoms. The average molecular weight is 550 g/mol. The second-order valence-electron chi connectivity index (χ2n) is 9.37. The molecule has 15 nitrogen and oxygen atoms in total. The van der Waals surface area contributed by atoms with E-state index in [0.717, 1.165) is 27.7 Å². The van der Waals surface area contributed by atoms with Gasteiger partial charge in [-0.1, -0.05) is 0 Å². The van der Waals surface area contributed by atoms with Gasteiger partial charge >= 0.3 is 35.9 Å². The summed E-state index contributed by atoms with van der Waals surface area (Å²) in [5, 5.41) is 11.9. The number of ether oxygens (including phenoxy) is 7. The fourth-order valence-electron chi connectivity index (χ4n) is 3.40. The van der Waals surface area contributed by atoms with Crippen LogP contribution in [0, 0.1) is 0 Å². The largest absolute Gasteiger partial charge is 0.480 e. The molecule has 2 N–H and O–H groups in total. The van der Waals surface area contributed by atoms with E-state index in [1.165, 1.54) is 6.92 Å². The van der Waals surface area contributed by atoms with Gasteiger partial charge in [-0.2, -0.15) is 0 Å². The molecule has 0 saturated carbocycles. The van der Waals surface area contributed by atoms with Gasteiger partial charge in [-0.3, -0.25) is 19.2 Å². The Hall–Kier alpha value is -3.46. The van der Waals surface area contributed by atoms with E-state index in [1.54, 1.807) is 20.8 Å². The van der Waals surface area contributed by atoms with Gasteiger partial charge in [0.1, 0.15) is 18.3 Å². The van der Waals surface area contributed by atoms with Gasteiger partial charge in [-0.25, -0.2) is 9.59 Å². The Balaban J connectivity index is 3.38. The van der Waals surface area contributed by atoms with E-state index in [-0.39, 0.29) is 0 Å². The monoisotopic (exact) mass is 549 g/mol. The van der Waals surface area contributed by atoms with Crippen molar-refractivity contribution >= 4 is 35.9 Å². The minimum atomic E-state index is -1.67. The Morgan fingerprint density at radius 2 is 1.34 bits per heavy atom. The van der Waals surface area contributed by atoms with Crippen molar-refractivity contribution in [2.75, 3.05) is 6.61 Å². The van der Waals surface area contributed by atoms with Gasteiger partial charge in [0.2, 0.25) is 0 Å². The van der Waals surface area contributed by atoms with Crippen LogP contribution in [0.15, 0.2) is 0 Å². The second-order valence-corrected chi connectivity index (χ2v) is 9.37. The van der Waals surface area contributed by atoms with Gasteiger partial charge < -0.3 is 43.6 Å². The lowest BCUT2D eigenvalue weighted by Crippen LogP contribution is -2.64. The molecule has 1 rings (SSSR count). The molecule has 216 valence electrons. The number of amides is 1. The number of hydrogen-bond acceptors (Lipinski definition) is 13. The molecule has 0 aromatic heterocycles. The summed E-state index contributed by atoms with van der Waals surface area (Å²) in [6, 6.07) is -1.67. The van der Waals surface area contributed by atoms with Crippen LogP contribution in [0.1, 0.15) is 55.4 Å². The Kier molecular flexibility index (Phi) is 11.9. The van der Waals surface area contributed by atoms with Crippen molar-refractivity contribution in [2.24, 2.45) is 0 Å². The van der Waals surface area contributed by atoms with Gasteiger partial charge in [-0.05, 0) is 27.7 Å². The van der Waals surface area contributed by atoms with Crippen LogP contribution in [-0.4, -0.2) is 96.1 Å². The predicted molar refractivity (Wildman–Crippen MR) is 123 cm³/mol. The third kappa shape index (κ3) is 10.9. The lowest BCUT2D eigenvalue weighted by molar-refractivity contribution is -0.316. The Morgan fingerprint density at radius 1 is 0.842 bits per heavy atom. The number of esters is 4. The minimum Gasteiger partial charge on any atom is -0.480 e. The van der Waals surface area contributed by atoms with Crippen molar-refractivity contribution in [3.8, 4) is 0 Å². The zero-order valence-electron chi connectivity index (χ0n) is 22.5. The van der Waals surface area contributed by atoms with Crippen LogP contribution < -0.4 is 5.32 Å². The second kappa shape index (κ2) is 13.9. The van der Waals surface area contributed by atoms with Gasteiger partial charge in [0.15, 0.2) is 30.6 Å². The maximum absolute atomic E-state index is 12.2. The third-order valence-electron chi connectivity index (χ3n) is 4.70. The Bertz CT molecular complexity index is 897. The number of aliphatic carboxylic acids is 1. The normalized spacial score (nSPS) is 24.7. The maximum atomic E-state index is 12.2. The number of carbonyl (C=O) groups excluding carboxylic acids is 5. The van der Waals surface area contributed by atoms with Crippen molar-refractivity contribution in [1.82, 2.24) is 5.32 Å². The average Bonchev–Trinajstić information content (AvgIpc) is 2.72. The Labute approximate surface area is 219 Å². The standard InChI is InChI=1S/C23H35NO14/c1-10(16(20(29)30)24-22(31)38-23(6,7)8)33-21-19(36-14(5)28)18(35-13(4)27)17(34-12(3)26)15(37-21)9-32-11(2)25/h10,15-19,21H,9H2,1-8H3,(H,24,31)(H,29,30)/t10-,15-,16+,17-,18+,19-,21+/m1/s1. The highest BCUT2D eigenvalue weighted by Gasteiger charge is 2.53. The van der Waals surface area contributed by atoms with Crippen molar-refractivity contribution in [2.45, 2.75) is 104 Å². The molecule has 15 heteroatoms. The van der Waals surface area contributed by atoms with Gasteiger partial charge in [0.05, 0.1) is 6.10 Å². The lowest BCUT2D eigenvalue weighted by Gasteiger charge is -2.44. The highest BCUT2D eigenvalue weighted by atomic mass is 16.7. The summed E-state index contributed by atoms with van der Waals surface area (Å²) in [6.07, 6.45) is -9.79. The SMILES string of the molecule is CC(=O)OC[C@H]1O[C@H](O[C@H](C)[C@H](NC(=O)OC(C)(C)C)C(=O)O)[C@H](OC(C)=O)[C@@H](OC(C)=O)[C@@H]1OC(C)=O. The van der Waals surface area contributed by atoms with Gasteiger partial charge in [0.25, 0.3) is 0 Å². The molecule has 7 atom stereocenters. The van der Waals surface area contributed by atoms with Crippen LogP contribution in [0.25, 0.3) is 0 Å². The molecule has 0 aliphatic carbocycles. The molecule has 1 fully saturated rings. The maximum Gasteiger partial charge on any atom is 0.408 e. The van der Waals surface area contributed by atoms with E-state index in [1.807, 2.05) is 0 Å². The zero-order valence-corrected chi connectivity index (χ0v) is 22.5. The number of carboxylic acids is 1. The van der Waals surface area contributed by atoms with Crippen LogP contribution in [0.4, 0.5) is 4.79 Å². The number of alkyl carbamates (subject to hydrolysis) is 1. The lowest BCUT2D eigenvalue weighted by atomic mass is 9.98. The van der Waals surface area contributed by atoms with Crippen LogP contribution in [0.3, 0.4) is 0 Å². The highest BCUT2D eigenvalue weighted by Crippen LogP contribution is 2.31. The van der Waals surface area contributed by atoms with Crippen molar-refractivity contribution in [3.63, 3.8) is 0 Å². The van der Waals surface area contributed by atoms with Crippen LogP contribution in [-0.2, 0) is 57.1 Å². The number of carbonyl (C=O) groups is 6. The van der Waals surface area contributed by atoms with Crippen LogP contribution in [0.5, 0.6) is 0 Å². The van der Waals surface area contributed by atoms with E-state index in [0.29, 0.717) is 0 Å². The summed E-state index contributed by atoms with van der Waals surface area (Å²) < 4.78 is 37.4. The van der Waals surface area contributed by atoms with E-state index < -0.39 is 91.0 Å². The van der Waals surface area contributed by atoms with Crippen molar-refractivity contribution in [1.29, 1.82) is 0 Å². The summed E-state index contributed by atoms with van der Waals surface area (Å²) in [4.78, 5) is 71.1. The summed E-state index contributed by atoms with van der Waals surface area (Å²) in [5.74, 6) is -4.73. The first-order valence-corrected chi connectivity index (χ1v) is 11.6. The van der Waals surface area contributed by atoms with E-state index in [4.69, 9.17) is 33.2 Å². The van der Waals surface area contributed by atoms with Gasteiger partial charge in [-0.15, -0.1) is 0 Å². The van der Waals surface area contributed by atoms with Crippen molar-refractivity contribution < 1.29 is 67.0 Å². The smallest absolute Gasteiger partial charge is 0.408 e. The molecule has 1 saturated heterocycles. The molecule has 1 heterocycles. The third-order valence-corrected chi connectivity index (χ3v) is 4.70. The first-order valence-electron chi connectivity index (χ1n) is 11.6. The minimum absolute atomic E-state index is 0.495. The molecule has 1 aliphatic heterocycles. The first-order chi connectivity index (χ1) is 17.4. The molecule has 1 aliphatic rings. The molecule has 38 heavy (non-hydrogen) atoms. The van der Waals surface area contributed by atoms with Crippen molar-refractivity contribution in [3.05, 3.63) is 0 Å². The quantitative estimate of drug-likeness (QED) is 0.281. The number of hydrogen-bond donors (Lipinski definition) is 2. The molecule has 0 aromatic carbocycles. The van der Waals surface area contributed by atoms with Gasteiger partial charge in [0, 0.05) is 27.7 Å². The predicted octanol–water partition coefficient (Wildman–Crippen LogP) is 0.453. The van der Waals surface area contributed by atoms with Crippen LogP contribution >= 0.6 is 0 Å². The summed E-state index contributed by atoms with van der Waals surface area (Å²) in [5.41, 5.74) is -0.920. The molecule has 0 radical (unpaired) electrons. The van der Waals surface area contributed by atoms with E-state index in [2.05, 4.69) is 5.32 Å². The summed E-state index contributed by atoms with van der Waals surface area (Å²) >= 11 is 0.